The molecule has 0 rings (SSSR count). The maximum absolute atomic E-state index is 5.36. The van der Waals surface area contributed by atoms with Crippen molar-refractivity contribution >= 4 is 0 Å². The van der Waals surface area contributed by atoms with Crippen LogP contribution in [0.2, 0.25) is 0 Å². The van der Waals surface area contributed by atoms with E-state index in [1.165, 1.54) is 0 Å². The van der Waals surface area contributed by atoms with Gasteiger partial charge in [0.2, 0.25) is 0 Å². The third kappa shape index (κ3) is 6.38. The van der Waals surface area contributed by atoms with Crippen molar-refractivity contribution < 1.29 is 9.47 Å². The second kappa shape index (κ2) is 8.75. The normalized spacial score (nSPS) is 11.7. The van der Waals surface area contributed by atoms with Crippen LogP contribution in [0.5, 0.6) is 0 Å². The molecule has 0 amide bonds. The molecule has 0 aromatic rings. The molecule has 12 heavy (non-hydrogen) atoms. The van der Waals surface area contributed by atoms with Crippen molar-refractivity contribution in [3.05, 3.63) is 12.2 Å². The molecular weight excluding hydrogens is 152 g/mol. The number of rotatable bonds is 7. The Bertz CT molecular complexity index is 104. The van der Waals surface area contributed by atoms with Crippen LogP contribution in [0.1, 0.15) is 33.6 Å². The summed E-state index contributed by atoms with van der Waals surface area (Å²) in [5.74, 6) is 0. The Morgan fingerprint density at radius 3 is 2.00 bits per heavy atom. The second-order valence-electron chi connectivity index (χ2n) is 2.46. The maximum atomic E-state index is 5.36. The summed E-state index contributed by atoms with van der Waals surface area (Å²) < 4.78 is 10.7. The van der Waals surface area contributed by atoms with Gasteiger partial charge in [0.25, 0.3) is 0 Å². The van der Waals surface area contributed by atoms with Gasteiger partial charge in [-0.2, -0.15) is 0 Å². The highest BCUT2D eigenvalue weighted by Crippen LogP contribution is 2.02. The minimum Gasteiger partial charge on any atom is -0.353 e. The number of hydrogen-bond donors (Lipinski definition) is 0. The number of hydrogen-bond acceptors (Lipinski definition) is 2. The summed E-state index contributed by atoms with van der Waals surface area (Å²) in [5, 5.41) is 0. The molecule has 2 nitrogen and oxygen atoms in total. The largest absolute Gasteiger partial charge is 0.353 e. The van der Waals surface area contributed by atoms with Crippen LogP contribution < -0.4 is 0 Å². The summed E-state index contributed by atoms with van der Waals surface area (Å²) in [6.07, 6.45) is 6.12. The Balaban J connectivity index is 3.54. The van der Waals surface area contributed by atoms with E-state index >= 15 is 0 Å². The highest BCUT2D eigenvalue weighted by Gasteiger charge is 2.03. The summed E-state index contributed by atoms with van der Waals surface area (Å²) in [4.78, 5) is 0. The third-order valence-electron chi connectivity index (χ3n) is 1.44. The van der Waals surface area contributed by atoms with Gasteiger partial charge in [0, 0.05) is 19.6 Å². The molecule has 0 aliphatic heterocycles. The van der Waals surface area contributed by atoms with Crippen LogP contribution in [0.15, 0.2) is 12.2 Å². The molecule has 0 aliphatic rings. The lowest BCUT2D eigenvalue weighted by molar-refractivity contribution is -0.133. The summed E-state index contributed by atoms with van der Waals surface area (Å²) in [7, 11) is 0. The van der Waals surface area contributed by atoms with Gasteiger partial charge in [-0.25, -0.2) is 0 Å². The van der Waals surface area contributed by atoms with Crippen LogP contribution in [0.3, 0.4) is 0 Å². The second-order valence-corrected chi connectivity index (χ2v) is 2.46. The molecule has 0 aliphatic carbocycles. The van der Waals surface area contributed by atoms with Crippen LogP contribution in [-0.2, 0) is 9.47 Å². The van der Waals surface area contributed by atoms with Crippen LogP contribution in [-0.4, -0.2) is 19.5 Å². The molecule has 0 spiro atoms. The smallest absolute Gasteiger partial charge is 0.160 e. The van der Waals surface area contributed by atoms with E-state index in [9.17, 15) is 0 Å². The summed E-state index contributed by atoms with van der Waals surface area (Å²) in [5.41, 5.74) is 0. The van der Waals surface area contributed by atoms with Crippen LogP contribution in [0.25, 0.3) is 0 Å². The van der Waals surface area contributed by atoms with Crippen LogP contribution >= 0.6 is 0 Å². The van der Waals surface area contributed by atoms with E-state index in [0.29, 0.717) is 13.2 Å². The summed E-state index contributed by atoms with van der Waals surface area (Å²) in [6, 6.07) is 0. The zero-order valence-electron chi connectivity index (χ0n) is 8.38. The van der Waals surface area contributed by atoms with Gasteiger partial charge in [-0.1, -0.05) is 19.1 Å². The Morgan fingerprint density at radius 1 is 1.00 bits per heavy atom. The van der Waals surface area contributed by atoms with E-state index in [1.54, 1.807) is 0 Å². The molecule has 0 radical (unpaired) electrons. The molecule has 0 fully saturated rings. The van der Waals surface area contributed by atoms with Crippen LogP contribution in [0, 0.1) is 0 Å². The lowest BCUT2D eigenvalue weighted by Gasteiger charge is -2.14. The molecule has 0 atom stereocenters. The molecule has 72 valence electrons. The van der Waals surface area contributed by atoms with E-state index in [2.05, 4.69) is 19.1 Å². The molecule has 0 N–H and O–H groups in total. The fraction of sp³-hybridized carbons (Fsp3) is 0.800. The van der Waals surface area contributed by atoms with Crippen molar-refractivity contribution in [3.63, 3.8) is 0 Å². The van der Waals surface area contributed by atoms with Gasteiger partial charge in [0.1, 0.15) is 0 Å². The first-order chi connectivity index (χ1) is 5.85. The lowest BCUT2D eigenvalue weighted by Crippen LogP contribution is -2.16. The van der Waals surface area contributed by atoms with E-state index in [1.807, 2.05) is 13.8 Å². The molecule has 0 aromatic carbocycles. The number of ether oxygens (including phenoxy) is 2. The molecule has 0 bridgehead atoms. The first-order valence-corrected chi connectivity index (χ1v) is 4.73. The van der Waals surface area contributed by atoms with Crippen molar-refractivity contribution in [1.82, 2.24) is 0 Å². The SMILES string of the molecule is CC/C=C/CC(OCC)OCC. The minimum absolute atomic E-state index is 0.0530. The lowest BCUT2D eigenvalue weighted by atomic mass is 10.3. The van der Waals surface area contributed by atoms with E-state index in [0.717, 1.165) is 12.8 Å². The highest BCUT2D eigenvalue weighted by atomic mass is 16.7. The predicted molar refractivity (Wildman–Crippen MR) is 51.1 cm³/mol. The fourth-order valence-corrected chi connectivity index (χ4v) is 0.930. The van der Waals surface area contributed by atoms with Crippen molar-refractivity contribution in [2.75, 3.05) is 13.2 Å². The standard InChI is InChI=1S/C10H20O2/c1-4-7-8-9-10(11-5-2)12-6-3/h7-8,10H,4-6,9H2,1-3H3/b8-7+. The Kier molecular flexibility index (Phi) is 8.51. The average Bonchev–Trinajstić information content (AvgIpc) is 2.06. The Hall–Kier alpha value is -0.340. The van der Waals surface area contributed by atoms with Gasteiger partial charge in [0.05, 0.1) is 0 Å². The number of allylic oxidation sites excluding steroid dienone is 1. The van der Waals surface area contributed by atoms with Crippen molar-refractivity contribution in [3.8, 4) is 0 Å². The van der Waals surface area contributed by atoms with E-state index in [-0.39, 0.29) is 6.29 Å². The molecule has 0 saturated carbocycles. The van der Waals surface area contributed by atoms with Gasteiger partial charge in [-0.3, -0.25) is 0 Å². The molecule has 0 unspecified atom stereocenters. The zero-order valence-corrected chi connectivity index (χ0v) is 8.38. The summed E-state index contributed by atoms with van der Waals surface area (Å²) in [6.45, 7) is 7.51. The minimum atomic E-state index is -0.0530. The molecule has 0 saturated heterocycles. The van der Waals surface area contributed by atoms with Crippen molar-refractivity contribution in [1.29, 1.82) is 0 Å². The van der Waals surface area contributed by atoms with Crippen molar-refractivity contribution in [2.45, 2.75) is 39.9 Å². The maximum Gasteiger partial charge on any atom is 0.160 e. The average molecular weight is 172 g/mol. The van der Waals surface area contributed by atoms with E-state index < -0.39 is 0 Å². The molecule has 0 heterocycles. The molecular formula is C10H20O2. The summed E-state index contributed by atoms with van der Waals surface area (Å²) >= 11 is 0. The first kappa shape index (κ1) is 11.7. The predicted octanol–water partition coefficient (Wildman–Crippen LogP) is 2.74. The van der Waals surface area contributed by atoms with Gasteiger partial charge in [-0.15, -0.1) is 0 Å². The Morgan fingerprint density at radius 2 is 1.58 bits per heavy atom. The van der Waals surface area contributed by atoms with Crippen LogP contribution in [0.4, 0.5) is 0 Å². The van der Waals surface area contributed by atoms with E-state index in [4.69, 9.17) is 9.47 Å². The Labute approximate surface area is 75.6 Å². The monoisotopic (exact) mass is 172 g/mol. The molecule has 0 aromatic heterocycles. The van der Waals surface area contributed by atoms with Crippen molar-refractivity contribution in [2.24, 2.45) is 0 Å². The van der Waals surface area contributed by atoms with Gasteiger partial charge in [-0.05, 0) is 20.3 Å². The zero-order chi connectivity index (χ0) is 9.23. The highest BCUT2D eigenvalue weighted by molar-refractivity contribution is 4.81. The van der Waals surface area contributed by atoms with Gasteiger partial charge in [0.15, 0.2) is 6.29 Å². The fourth-order valence-electron chi connectivity index (χ4n) is 0.930. The quantitative estimate of drug-likeness (QED) is 0.434. The van der Waals surface area contributed by atoms with Gasteiger partial charge < -0.3 is 9.47 Å². The third-order valence-corrected chi connectivity index (χ3v) is 1.44. The first-order valence-electron chi connectivity index (χ1n) is 4.73. The topological polar surface area (TPSA) is 18.5 Å². The molecule has 2 heteroatoms. The van der Waals surface area contributed by atoms with Gasteiger partial charge >= 0.3 is 0 Å².